The zero-order chi connectivity index (χ0) is 17.1. The second-order valence-electron chi connectivity index (χ2n) is 4.91. The molecule has 1 aliphatic rings. The summed E-state index contributed by atoms with van der Waals surface area (Å²) in [5.74, 6) is 0.860. The van der Waals surface area contributed by atoms with Gasteiger partial charge in [0.15, 0.2) is 0 Å². The Morgan fingerprint density at radius 3 is 2.65 bits per heavy atom. The number of ether oxygens (including phenoxy) is 2. The van der Waals surface area contributed by atoms with Crippen LogP contribution in [-0.2, 0) is 9.47 Å². The molecule has 0 unspecified atom stereocenters. The van der Waals surface area contributed by atoms with Crippen molar-refractivity contribution < 1.29 is 9.47 Å². The molecule has 5 heteroatoms. The van der Waals surface area contributed by atoms with Gasteiger partial charge in [0.25, 0.3) is 0 Å². The van der Waals surface area contributed by atoms with Gasteiger partial charge in [-0.25, -0.2) is 0 Å². The second-order valence-corrected chi connectivity index (χ2v) is 5.76. The molecule has 1 aliphatic heterocycles. The maximum absolute atomic E-state index is 5.41. The summed E-state index contributed by atoms with van der Waals surface area (Å²) in [6, 6.07) is 4.05. The van der Waals surface area contributed by atoms with Gasteiger partial charge >= 0.3 is 0 Å². The molecular formula is C18H27BrN2O2. The molecule has 0 amide bonds. The first-order valence-corrected chi connectivity index (χ1v) is 8.81. The first-order chi connectivity index (χ1) is 11.2. The molecule has 128 valence electrons. The standard InChI is InChI=1S/C16H21BrN2O2.C2H6/c1-13(20-2)16(17)10-15(14-4-3-5-18-11-14)12-19-6-8-21-9-7-19;1-2/h3-5,10-11H,6-9,12H2,1-2H3;1-2H3/b15-10-,16-13-;. The van der Waals surface area contributed by atoms with Crippen LogP contribution in [0.4, 0.5) is 0 Å². The molecule has 0 aliphatic carbocycles. The number of rotatable bonds is 5. The van der Waals surface area contributed by atoms with Gasteiger partial charge in [0.05, 0.1) is 24.8 Å². The van der Waals surface area contributed by atoms with Crippen LogP contribution in [-0.4, -0.2) is 49.8 Å². The molecule has 2 heterocycles. The van der Waals surface area contributed by atoms with E-state index in [2.05, 4.69) is 38.0 Å². The van der Waals surface area contributed by atoms with Crippen molar-refractivity contribution in [2.45, 2.75) is 20.8 Å². The van der Waals surface area contributed by atoms with E-state index in [9.17, 15) is 0 Å². The Morgan fingerprint density at radius 1 is 1.39 bits per heavy atom. The smallest absolute Gasteiger partial charge is 0.107 e. The van der Waals surface area contributed by atoms with Crippen molar-refractivity contribution in [1.29, 1.82) is 0 Å². The Labute approximate surface area is 148 Å². The molecule has 0 saturated carbocycles. The van der Waals surface area contributed by atoms with Crippen molar-refractivity contribution in [3.8, 4) is 0 Å². The van der Waals surface area contributed by atoms with Crippen LogP contribution in [0.15, 0.2) is 40.8 Å². The first kappa shape index (κ1) is 19.9. The molecule has 0 aromatic carbocycles. The van der Waals surface area contributed by atoms with Gasteiger partial charge in [0, 0.05) is 32.0 Å². The van der Waals surface area contributed by atoms with E-state index in [1.807, 2.05) is 33.0 Å². The minimum Gasteiger partial charge on any atom is -0.500 e. The largest absolute Gasteiger partial charge is 0.500 e. The van der Waals surface area contributed by atoms with Gasteiger partial charge in [-0.05, 0) is 46.1 Å². The summed E-state index contributed by atoms with van der Waals surface area (Å²) < 4.78 is 11.6. The highest BCUT2D eigenvalue weighted by molar-refractivity contribution is 9.11. The third-order valence-electron chi connectivity index (χ3n) is 3.47. The number of nitrogens with zero attached hydrogens (tertiary/aromatic N) is 2. The van der Waals surface area contributed by atoms with Crippen molar-refractivity contribution in [3.05, 3.63) is 46.4 Å². The number of pyridine rings is 1. The van der Waals surface area contributed by atoms with Gasteiger partial charge in [-0.3, -0.25) is 9.88 Å². The van der Waals surface area contributed by atoms with E-state index in [1.54, 1.807) is 13.3 Å². The predicted molar refractivity (Wildman–Crippen MR) is 99.5 cm³/mol. The van der Waals surface area contributed by atoms with Gasteiger partial charge < -0.3 is 9.47 Å². The number of aromatic nitrogens is 1. The number of allylic oxidation sites excluding steroid dienone is 3. The Bertz CT molecular complexity index is 509. The van der Waals surface area contributed by atoms with Crippen LogP contribution in [0, 0.1) is 0 Å². The lowest BCUT2D eigenvalue weighted by Gasteiger charge is -2.27. The van der Waals surface area contributed by atoms with Crippen molar-refractivity contribution in [3.63, 3.8) is 0 Å². The van der Waals surface area contributed by atoms with Gasteiger partial charge in [-0.15, -0.1) is 0 Å². The van der Waals surface area contributed by atoms with E-state index in [-0.39, 0.29) is 0 Å². The summed E-state index contributed by atoms with van der Waals surface area (Å²) in [5.41, 5.74) is 2.35. The lowest BCUT2D eigenvalue weighted by atomic mass is 10.1. The summed E-state index contributed by atoms with van der Waals surface area (Å²) in [4.78, 5) is 6.62. The van der Waals surface area contributed by atoms with Crippen molar-refractivity contribution in [2.75, 3.05) is 40.0 Å². The average molecular weight is 383 g/mol. The van der Waals surface area contributed by atoms with Gasteiger partial charge in [0.2, 0.25) is 0 Å². The number of hydrogen-bond donors (Lipinski definition) is 0. The maximum atomic E-state index is 5.41. The van der Waals surface area contributed by atoms with E-state index in [0.29, 0.717) is 0 Å². The predicted octanol–water partition coefficient (Wildman–Crippen LogP) is 4.10. The zero-order valence-corrected chi connectivity index (χ0v) is 16.1. The number of hydrogen-bond acceptors (Lipinski definition) is 4. The fourth-order valence-corrected chi connectivity index (χ4v) is 2.56. The van der Waals surface area contributed by atoms with Gasteiger partial charge in [0.1, 0.15) is 5.76 Å². The molecule has 0 spiro atoms. The lowest BCUT2D eigenvalue weighted by Crippen LogP contribution is -2.37. The number of halogens is 1. The molecule has 0 bridgehead atoms. The van der Waals surface area contributed by atoms with Crippen LogP contribution in [0.5, 0.6) is 0 Å². The van der Waals surface area contributed by atoms with Crippen molar-refractivity contribution in [1.82, 2.24) is 9.88 Å². The SMILES string of the molecule is CC.CO/C(C)=C(Br)/C=C(/CN1CCOCC1)c1cccnc1. The molecule has 1 aromatic heterocycles. The fraction of sp³-hybridized carbons (Fsp3) is 0.500. The second kappa shape index (κ2) is 11.4. The molecule has 2 rings (SSSR count). The van der Waals surface area contributed by atoms with Crippen molar-refractivity contribution in [2.24, 2.45) is 0 Å². The van der Waals surface area contributed by atoms with E-state index in [1.165, 1.54) is 5.57 Å². The number of morpholine rings is 1. The average Bonchev–Trinajstić information content (AvgIpc) is 2.63. The van der Waals surface area contributed by atoms with Crippen LogP contribution in [0.2, 0.25) is 0 Å². The molecule has 0 radical (unpaired) electrons. The van der Waals surface area contributed by atoms with Crippen LogP contribution in [0.1, 0.15) is 26.3 Å². The van der Waals surface area contributed by atoms with Crippen LogP contribution >= 0.6 is 15.9 Å². The molecule has 23 heavy (non-hydrogen) atoms. The molecule has 1 fully saturated rings. The quantitative estimate of drug-likeness (QED) is 0.567. The summed E-state index contributed by atoms with van der Waals surface area (Å²) in [7, 11) is 1.68. The molecule has 0 N–H and O–H groups in total. The topological polar surface area (TPSA) is 34.6 Å². The molecule has 1 aromatic rings. The monoisotopic (exact) mass is 382 g/mol. The Kier molecular flexibility index (Phi) is 9.83. The van der Waals surface area contributed by atoms with Gasteiger partial charge in [-0.1, -0.05) is 19.9 Å². The fourth-order valence-electron chi connectivity index (χ4n) is 2.13. The van der Waals surface area contributed by atoms with E-state index < -0.39 is 0 Å². The summed E-state index contributed by atoms with van der Waals surface area (Å²) in [6.07, 6.45) is 5.81. The Balaban J connectivity index is 0.00000127. The zero-order valence-electron chi connectivity index (χ0n) is 14.5. The third-order valence-corrected chi connectivity index (χ3v) is 4.26. The minimum atomic E-state index is 0.800. The van der Waals surface area contributed by atoms with Crippen LogP contribution < -0.4 is 0 Å². The molecule has 1 saturated heterocycles. The summed E-state index contributed by atoms with van der Waals surface area (Å²) in [5, 5.41) is 0. The number of methoxy groups -OCH3 is 1. The Morgan fingerprint density at radius 2 is 2.09 bits per heavy atom. The first-order valence-electron chi connectivity index (χ1n) is 8.02. The van der Waals surface area contributed by atoms with Crippen LogP contribution in [0.3, 0.4) is 0 Å². The molecular weight excluding hydrogens is 356 g/mol. The summed E-state index contributed by atoms with van der Waals surface area (Å²) in [6.45, 7) is 10.3. The normalized spacial score (nSPS) is 17.0. The minimum absolute atomic E-state index is 0.800. The third kappa shape index (κ3) is 6.85. The maximum Gasteiger partial charge on any atom is 0.107 e. The van der Waals surface area contributed by atoms with E-state index in [0.717, 1.165) is 48.7 Å². The van der Waals surface area contributed by atoms with E-state index >= 15 is 0 Å². The summed E-state index contributed by atoms with van der Waals surface area (Å²) >= 11 is 3.58. The van der Waals surface area contributed by atoms with Gasteiger partial charge in [-0.2, -0.15) is 0 Å². The Hall–Kier alpha value is -1.17. The van der Waals surface area contributed by atoms with E-state index in [4.69, 9.17) is 9.47 Å². The van der Waals surface area contributed by atoms with Crippen LogP contribution in [0.25, 0.3) is 5.57 Å². The molecule has 0 atom stereocenters. The highest BCUT2D eigenvalue weighted by Crippen LogP contribution is 2.22. The lowest BCUT2D eigenvalue weighted by molar-refractivity contribution is 0.0444. The highest BCUT2D eigenvalue weighted by Gasteiger charge is 2.14. The highest BCUT2D eigenvalue weighted by atomic mass is 79.9. The van der Waals surface area contributed by atoms with Crippen molar-refractivity contribution >= 4 is 21.5 Å². The molecule has 4 nitrogen and oxygen atoms in total.